The van der Waals surface area contributed by atoms with Gasteiger partial charge in [0.1, 0.15) is 17.2 Å². The van der Waals surface area contributed by atoms with E-state index < -0.39 is 0 Å². The van der Waals surface area contributed by atoms with E-state index in [0.717, 1.165) is 41.9 Å². The molecule has 1 unspecified atom stereocenters. The number of furan rings is 1. The quantitative estimate of drug-likeness (QED) is 0.816. The van der Waals surface area contributed by atoms with Crippen molar-refractivity contribution in [1.82, 2.24) is 5.32 Å². The van der Waals surface area contributed by atoms with E-state index in [4.69, 9.17) is 4.42 Å². The van der Waals surface area contributed by atoms with Gasteiger partial charge >= 0.3 is 0 Å². The zero-order valence-corrected chi connectivity index (χ0v) is 12.2. The van der Waals surface area contributed by atoms with Crippen molar-refractivity contribution < 1.29 is 8.81 Å². The van der Waals surface area contributed by atoms with Crippen LogP contribution in [-0.2, 0) is 0 Å². The maximum absolute atomic E-state index is 13.2. The Kier molecular flexibility index (Phi) is 5.28. The normalized spacial score (nSPS) is 13.0. The van der Waals surface area contributed by atoms with Gasteiger partial charge in [-0.1, -0.05) is 6.92 Å². The summed E-state index contributed by atoms with van der Waals surface area (Å²) in [6, 6.07) is 6.81. The molecular formula is C15H20FNOS. The van der Waals surface area contributed by atoms with Gasteiger partial charge in [-0.15, -0.1) is 0 Å². The molecule has 2 aromatic rings. The first kappa shape index (κ1) is 14.4. The maximum Gasteiger partial charge on any atom is 0.134 e. The number of rotatable bonds is 7. The standard InChI is InChI=1S/C15H20FNOS/c1-3-7-17-13(6-8-19-2)15-10-11-9-12(16)4-5-14(11)18-15/h4-5,9-10,13,17H,3,6-8H2,1-2H3. The largest absolute Gasteiger partial charge is 0.459 e. The van der Waals surface area contributed by atoms with E-state index >= 15 is 0 Å². The number of thioether (sulfide) groups is 1. The molecule has 0 aliphatic carbocycles. The summed E-state index contributed by atoms with van der Waals surface area (Å²) < 4.78 is 19.0. The summed E-state index contributed by atoms with van der Waals surface area (Å²) in [5.41, 5.74) is 0.754. The molecule has 0 radical (unpaired) electrons. The Hall–Kier alpha value is -1.00. The molecule has 1 aromatic carbocycles. The van der Waals surface area contributed by atoms with Crippen molar-refractivity contribution in [3.8, 4) is 0 Å². The maximum atomic E-state index is 13.2. The molecule has 0 saturated heterocycles. The van der Waals surface area contributed by atoms with Gasteiger partial charge in [-0.3, -0.25) is 0 Å². The molecule has 2 nitrogen and oxygen atoms in total. The molecule has 0 bridgehead atoms. The van der Waals surface area contributed by atoms with Crippen molar-refractivity contribution in [3.63, 3.8) is 0 Å². The monoisotopic (exact) mass is 281 g/mol. The van der Waals surface area contributed by atoms with Gasteiger partial charge in [-0.25, -0.2) is 4.39 Å². The Morgan fingerprint density at radius 3 is 2.95 bits per heavy atom. The fourth-order valence-electron chi connectivity index (χ4n) is 2.11. The van der Waals surface area contributed by atoms with Crippen molar-refractivity contribution in [1.29, 1.82) is 0 Å². The molecule has 0 saturated carbocycles. The zero-order valence-electron chi connectivity index (χ0n) is 11.4. The Morgan fingerprint density at radius 1 is 1.37 bits per heavy atom. The highest BCUT2D eigenvalue weighted by atomic mass is 32.2. The SMILES string of the molecule is CCCNC(CCSC)c1cc2cc(F)ccc2o1. The number of hydrogen-bond donors (Lipinski definition) is 1. The second kappa shape index (κ2) is 6.96. The highest BCUT2D eigenvalue weighted by Crippen LogP contribution is 2.27. The lowest BCUT2D eigenvalue weighted by Crippen LogP contribution is -2.22. The lowest BCUT2D eigenvalue weighted by atomic mass is 10.1. The molecule has 0 aliphatic heterocycles. The molecule has 1 heterocycles. The first-order chi connectivity index (χ1) is 9.24. The Labute approximate surface area is 117 Å². The minimum Gasteiger partial charge on any atom is -0.459 e. The van der Waals surface area contributed by atoms with Crippen molar-refractivity contribution in [3.05, 3.63) is 35.8 Å². The molecule has 0 spiro atoms. The van der Waals surface area contributed by atoms with Crippen molar-refractivity contribution >= 4 is 22.7 Å². The predicted molar refractivity (Wildman–Crippen MR) is 80.2 cm³/mol. The third-order valence-corrected chi connectivity index (χ3v) is 3.74. The molecule has 104 valence electrons. The Balaban J connectivity index is 2.21. The van der Waals surface area contributed by atoms with E-state index in [2.05, 4.69) is 18.5 Å². The minimum atomic E-state index is -0.220. The van der Waals surface area contributed by atoms with Crippen LogP contribution in [-0.4, -0.2) is 18.6 Å². The van der Waals surface area contributed by atoms with Gasteiger partial charge in [0.2, 0.25) is 0 Å². The van der Waals surface area contributed by atoms with Gasteiger partial charge in [0.15, 0.2) is 0 Å². The van der Waals surface area contributed by atoms with Gasteiger partial charge in [0.25, 0.3) is 0 Å². The fraction of sp³-hybridized carbons (Fsp3) is 0.467. The summed E-state index contributed by atoms with van der Waals surface area (Å²) in [4.78, 5) is 0. The summed E-state index contributed by atoms with van der Waals surface area (Å²) >= 11 is 1.83. The third kappa shape index (κ3) is 3.74. The molecule has 0 aliphatic rings. The van der Waals surface area contributed by atoms with Crippen LogP contribution >= 0.6 is 11.8 Å². The van der Waals surface area contributed by atoms with Gasteiger partial charge in [-0.2, -0.15) is 11.8 Å². The van der Waals surface area contributed by atoms with E-state index in [0.29, 0.717) is 0 Å². The van der Waals surface area contributed by atoms with Crippen LogP contribution in [0.15, 0.2) is 28.7 Å². The molecule has 1 aromatic heterocycles. The second-order valence-electron chi connectivity index (χ2n) is 4.62. The highest BCUT2D eigenvalue weighted by Gasteiger charge is 2.15. The van der Waals surface area contributed by atoms with Crippen molar-refractivity contribution in [2.24, 2.45) is 0 Å². The lowest BCUT2D eigenvalue weighted by Gasteiger charge is -2.15. The van der Waals surface area contributed by atoms with Crippen LogP contribution in [0.3, 0.4) is 0 Å². The summed E-state index contributed by atoms with van der Waals surface area (Å²) in [6.45, 7) is 3.11. The van der Waals surface area contributed by atoms with Crippen LogP contribution in [0.2, 0.25) is 0 Å². The molecular weight excluding hydrogens is 261 g/mol. The topological polar surface area (TPSA) is 25.2 Å². The number of hydrogen-bond acceptors (Lipinski definition) is 3. The number of halogens is 1. The Morgan fingerprint density at radius 2 is 2.21 bits per heavy atom. The third-order valence-electron chi connectivity index (χ3n) is 3.09. The van der Waals surface area contributed by atoms with E-state index in [9.17, 15) is 4.39 Å². The number of fused-ring (bicyclic) bond motifs is 1. The van der Waals surface area contributed by atoms with Crippen LogP contribution in [0.5, 0.6) is 0 Å². The molecule has 19 heavy (non-hydrogen) atoms. The smallest absolute Gasteiger partial charge is 0.134 e. The van der Waals surface area contributed by atoms with Gasteiger partial charge in [0.05, 0.1) is 6.04 Å². The molecule has 1 atom stereocenters. The van der Waals surface area contributed by atoms with Gasteiger partial charge in [-0.05, 0) is 55.7 Å². The van der Waals surface area contributed by atoms with Crippen LogP contribution in [0.25, 0.3) is 11.0 Å². The van der Waals surface area contributed by atoms with Crippen LogP contribution in [0.1, 0.15) is 31.6 Å². The first-order valence-electron chi connectivity index (χ1n) is 6.66. The second-order valence-corrected chi connectivity index (χ2v) is 5.60. The molecule has 1 N–H and O–H groups in total. The molecule has 2 rings (SSSR count). The highest BCUT2D eigenvalue weighted by molar-refractivity contribution is 7.98. The summed E-state index contributed by atoms with van der Waals surface area (Å²) in [5.74, 6) is 1.76. The molecule has 0 amide bonds. The predicted octanol–water partition coefficient (Wildman–Crippen LogP) is 4.37. The molecule has 0 fully saturated rings. The first-order valence-corrected chi connectivity index (χ1v) is 8.05. The Bertz CT molecular complexity index is 518. The van der Waals surface area contributed by atoms with Gasteiger partial charge in [0, 0.05) is 5.39 Å². The minimum absolute atomic E-state index is 0.211. The number of nitrogens with one attached hydrogen (secondary N) is 1. The van der Waals surface area contributed by atoms with Crippen LogP contribution in [0, 0.1) is 5.82 Å². The lowest BCUT2D eigenvalue weighted by molar-refractivity contribution is 0.423. The van der Waals surface area contributed by atoms with E-state index in [-0.39, 0.29) is 11.9 Å². The van der Waals surface area contributed by atoms with Crippen LogP contribution in [0.4, 0.5) is 4.39 Å². The average molecular weight is 281 g/mol. The van der Waals surface area contributed by atoms with Gasteiger partial charge < -0.3 is 9.73 Å². The van der Waals surface area contributed by atoms with E-state index in [1.54, 1.807) is 6.07 Å². The van der Waals surface area contributed by atoms with Crippen LogP contribution < -0.4 is 5.32 Å². The fourth-order valence-corrected chi connectivity index (χ4v) is 2.58. The van der Waals surface area contributed by atoms with Crippen molar-refractivity contribution in [2.45, 2.75) is 25.8 Å². The molecule has 4 heteroatoms. The zero-order chi connectivity index (χ0) is 13.7. The van der Waals surface area contributed by atoms with Crippen molar-refractivity contribution in [2.75, 3.05) is 18.6 Å². The summed E-state index contributed by atoms with van der Waals surface area (Å²) in [7, 11) is 0. The average Bonchev–Trinajstić information content (AvgIpc) is 2.81. The summed E-state index contributed by atoms with van der Waals surface area (Å²) in [5, 5.41) is 4.33. The number of benzene rings is 1. The van der Waals surface area contributed by atoms with E-state index in [1.807, 2.05) is 17.8 Å². The summed E-state index contributed by atoms with van der Waals surface area (Å²) in [6.07, 6.45) is 4.21. The van der Waals surface area contributed by atoms with E-state index in [1.165, 1.54) is 12.1 Å².